The van der Waals surface area contributed by atoms with Crippen LogP contribution in [0.5, 0.6) is 0 Å². The fourth-order valence-electron chi connectivity index (χ4n) is 2.37. The van der Waals surface area contributed by atoms with E-state index < -0.39 is 5.60 Å². The average Bonchev–Trinajstić information content (AvgIpc) is 2.61. The molecule has 2 rings (SSSR count). The number of aryl methyl sites for hydroxylation is 1. The molecule has 1 aliphatic carbocycles. The summed E-state index contributed by atoms with van der Waals surface area (Å²) in [5.41, 5.74) is 6.86. The van der Waals surface area contributed by atoms with Crippen LogP contribution in [0.15, 0.2) is 16.9 Å². The van der Waals surface area contributed by atoms with Crippen LogP contribution in [0.3, 0.4) is 0 Å². The van der Waals surface area contributed by atoms with Gasteiger partial charge < -0.3 is 15.3 Å². The van der Waals surface area contributed by atoms with Crippen LogP contribution in [0.2, 0.25) is 0 Å². The van der Waals surface area contributed by atoms with Gasteiger partial charge in [-0.15, -0.1) is 0 Å². The van der Waals surface area contributed by atoms with Crippen LogP contribution in [0.4, 0.5) is 0 Å². The summed E-state index contributed by atoms with van der Waals surface area (Å²) in [5.74, 6) is 0.260. The lowest BCUT2D eigenvalue weighted by molar-refractivity contribution is -0.0333. The number of nitrogens with two attached hydrogens (primary N) is 1. The van der Waals surface area contributed by atoms with Gasteiger partial charge in [0.05, 0.1) is 18.1 Å². The van der Waals surface area contributed by atoms with Crippen molar-refractivity contribution in [2.24, 2.45) is 11.7 Å². The van der Waals surface area contributed by atoms with E-state index in [1.54, 1.807) is 12.5 Å². The summed E-state index contributed by atoms with van der Waals surface area (Å²) in [6.45, 7) is 2.58. The van der Waals surface area contributed by atoms with E-state index in [1.165, 1.54) is 0 Å². The van der Waals surface area contributed by atoms with Crippen molar-refractivity contribution in [2.75, 3.05) is 6.54 Å². The van der Waals surface area contributed by atoms with Gasteiger partial charge in [0, 0.05) is 5.56 Å². The molecule has 0 saturated carbocycles. The molecule has 1 aromatic heterocycles. The summed E-state index contributed by atoms with van der Waals surface area (Å²) in [6, 6.07) is 0. The topological polar surface area (TPSA) is 59.4 Å². The first kappa shape index (κ1) is 9.74. The number of rotatable bonds is 2. The maximum atomic E-state index is 10.5. The van der Waals surface area contributed by atoms with Crippen LogP contribution in [0, 0.1) is 5.92 Å². The highest BCUT2D eigenvalue weighted by Crippen LogP contribution is 2.42. The summed E-state index contributed by atoms with van der Waals surface area (Å²) in [5, 5.41) is 10.5. The molecule has 14 heavy (non-hydrogen) atoms. The van der Waals surface area contributed by atoms with E-state index in [1.807, 2.05) is 0 Å². The Kier molecular flexibility index (Phi) is 2.37. The summed E-state index contributed by atoms with van der Waals surface area (Å²) >= 11 is 0. The zero-order chi connectivity index (χ0) is 10.2. The van der Waals surface area contributed by atoms with E-state index in [0.717, 1.165) is 24.0 Å². The SMILES string of the molecule is CC1CCc2cocc2C1(O)CCN. The predicted molar refractivity (Wildman–Crippen MR) is 53.8 cm³/mol. The standard InChI is InChI=1S/C11H17NO2/c1-8-2-3-9-6-14-7-10(9)11(8,13)4-5-12/h6-8,13H,2-5,12H2,1H3. The molecule has 0 radical (unpaired) electrons. The summed E-state index contributed by atoms with van der Waals surface area (Å²) in [7, 11) is 0. The smallest absolute Gasteiger partial charge is 0.0967 e. The number of fused-ring (bicyclic) bond motifs is 1. The maximum absolute atomic E-state index is 10.5. The molecule has 2 atom stereocenters. The Morgan fingerprint density at radius 1 is 1.64 bits per heavy atom. The first-order valence-corrected chi connectivity index (χ1v) is 5.16. The molecule has 0 saturated heterocycles. The second-order valence-electron chi connectivity index (χ2n) is 4.21. The minimum Gasteiger partial charge on any atom is -0.472 e. The highest BCUT2D eigenvalue weighted by molar-refractivity contribution is 5.31. The van der Waals surface area contributed by atoms with E-state index in [9.17, 15) is 5.11 Å². The Morgan fingerprint density at radius 2 is 2.43 bits per heavy atom. The van der Waals surface area contributed by atoms with Gasteiger partial charge in [0.25, 0.3) is 0 Å². The summed E-state index contributed by atoms with van der Waals surface area (Å²) in [6.07, 6.45) is 6.02. The number of aliphatic hydroxyl groups is 1. The number of hydrogen-bond donors (Lipinski definition) is 2. The minimum atomic E-state index is -0.769. The molecule has 0 aromatic carbocycles. The van der Waals surface area contributed by atoms with E-state index >= 15 is 0 Å². The molecule has 78 valence electrons. The monoisotopic (exact) mass is 195 g/mol. The van der Waals surface area contributed by atoms with Crippen molar-refractivity contribution in [3.63, 3.8) is 0 Å². The summed E-state index contributed by atoms with van der Waals surface area (Å²) < 4.78 is 5.16. The Bertz CT molecular complexity index is 321. The molecule has 0 fully saturated rings. The van der Waals surface area contributed by atoms with Gasteiger partial charge >= 0.3 is 0 Å². The Morgan fingerprint density at radius 3 is 3.14 bits per heavy atom. The van der Waals surface area contributed by atoms with Crippen molar-refractivity contribution in [3.8, 4) is 0 Å². The van der Waals surface area contributed by atoms with Crippen LogP contribution in [-0.4, -0.2) is 11.7 Å². The highest BCUT2D eigenvalue weighted by Gasteiger charge is 2.40. The van der Waals surface area contributed by atoms with Gasteiger partial charge in [0.1, 0.15) is 0 Å². The number of hydrogen-bond acceptors (Lipinski definition) is 3. The van der Waals surface area contributed by atoms with E-state index in [-0.39, 0.29) is 5.92 Å². The van der Waals surface area contributed by atoms with E-state index in [4.69, 9.17) is 10.2 Å². The number of furan rings is 1. The van der Waals surface area contributed by atoms with Gasteiger partial charge in [-0.1, -0.05) is 6.92 Å². The molecule has 0 amide bonds. The Balaban J connectivity index is 2.40. The zero-order valence-corrected chi connectivity index (χ0v) is 8.49. The lowest BCUT2D eigenvalue weighted by Gasteiger charge is -2.37. The average molecular weight is 195 g/mol. The van der Waals surface area contributed by atoms with Crippen molar-refractivity contribution in [3.05, 3.63) is 23.7 Å². The largest absolute Gasteiger partial charge is 0.472 e. The Hall–Kier alpha value is -0.800. The molecule has 3 nitrogen and oxygen atoms in total. The normalized spacial score (nSPS) is 31.5. The lowest BCUT2D eigenvalue weighted by atomic mass is 9.72. The molecule has 3 N–H and O–H groups in total. The fraction of sp³-hybridized carbons (Fsp3) is 0.636. The van der Waals surface area contributed by atoms with Gasteiger partial charge in [-0.2, -0.15) is 0 Å². The maximum Gasteiger partial charge on any atom is 0.0967 e. The molecule has 3 heteroatoms. The van der Waals surface area contributed by atoms with Crippen molar-refractivity contribution >= 4 is 0 Å². The third kappa shape index (κ3) is 1.28. The van der Waals surface area contributed by atoms with E-state index in [2.05, 4.69) is 6.92 Å². The summed E-state index contributed by atoms with van der Waals surface area (Å²) in [4.78, 5) is 0. The third-order valence-corrected chi connectivity index (χ3v) is 3.40. The fourth-order valence-corrected chi connectivity index (χ4v) is 2.37. The van der Waals surface area contributed by atoms with Gasteiger partial charge in [-0.25, -0.2) is 0 Å². The molecule has 1 aromatic rings. The van der Waals surface area contributed by atoms with Crippen LogP contribution in [0.25, 0.3) is 0 Å². The molecule has 1 aliphatic rings. The van der Waals surface area contributed by atoms with Crippen molar-refractivity contribution in [1.82, 2.24) is 0 Å². The third-order valence-electron chi connectivity index (χ3n) is 3.40. The van der Waals surface area contributed by atoms with Crippen molar-refractivity contribution < 1.29 is 9.52 Å². The molecule has 1 heterocycles. The Labute approximate surface area is 83.9 Å². The quantitative estimate of drug-likeness (QED) is 0.750. The lowest BCUT2D eigenvalue weighted by Crippen LogP contribution is -2.39. The second-order valence-corrected chi connectivity index (χ2v) is 4.21. The predicted octanol–water partition coefficient (Wildman–Crippen LogP) is 1.40. The molecule has 0 aliphatic heterocycles. The van der Waals surface area contributed by atoms with Crippen LogP contribution in [-0.2, 0) is 12.0 Å². The van der Waals surface area contributed by atoms with Gasteiger partial charge in [0.15, 0.2) is 0 Å². The molecular weight excluding hydrogens is 178 g/mol. The van der Waals surface area contributed by atoms with Crippen LogP contribution >= 0.6 is 0 Å². The van der Waals surface area contributed by atoms with Crippen LogP contribution < -0.4 is 5.73 Å². The molecule has 0 spiro atoms. The molecular formula is C11H17NO2. The van der Waals surface area contributed by atoms with Crippen molar-refractivity contribution in [1.29, 1.82) is 0 Å². The van der Waals surface area contributed by atoms with Crippen LogP contribution in [0.1, 0.15) is 30.9 Å². The van der Waals surface area contributed by atoms with Gasteiger partial charge in [0.2, 0.25) is 0 Å². The van der Waals surface area contributed by atoms with Gasteiger partial charge in [-0.05, 0) is 37.3 Å². The zero-order valence-electron chi connectivity index (χ0n) is 8.49. The first-order chi connectivity index (χ1) is 6.68. The first-order valence-electron chi connectivity index (χ1n) is 5.16. The second kappa shape index (κ2) is 3.41. The highest BCUT2D eigenvalue weighted by atomic mass is 16.3. The van der Waals surface area contributed by atoms with E-state index in [0.29, 0.717) is 13.0 Å². The minimum absolute atomic E-state index is 0.260. The van der Waals surface area contributed by atoms with Crippen molar-refractivity contribution in [2.45, 2.75) is 31.8 Å². The molecule has 0 bridgehead atoms. The molecule has 2 unspecified atom stereocenters. The van der Waals surface area contributed by atoms with Gasteiger partial charge in [-0.3, -0.25) is 0 Å².